The predicted octanol–water partition coefficient (Wildman–Crippen LogP) is 3.06. The van der Waals surface area contributed by atoms with Crippen molar-refractivity contribution in [2.75, 3.05) is 26.5 Å². The van der Waals surface area contributed by atoms with E-state index in [0.29, 0.717) is 11.8 Å². The maximum Gasteiger partial charge on any atom is 0.191 e. The molecule has 1 saturated heterocycles. The number of thioether (sulfide) groups is 1. The molecular formula is C18H26IN5OS. The van der Waals surface area contributed by atoms with Crippen molar-refractivity contribution in [3.63, 3.8) is 0 Å². The number of rotatable bonds is 6. The van der Waals surface area contributed by atoms with Gasteiger partial charge in [-0.05, 0) is 48.9 Å². The van der Waals surface area contributed by atoms with E-state index in [2.05, 4.69) is 20.7 Å². The lowest BCUT2D eigenvalue weighted by Gasteiger charge is -2.14. The van der Waals surface area contributed by atoms with Crippen molar-refractivity contribution in [2.24, 2.45) is 4.99 Å². The highest BCUT2D eigenvalue weighted by Gasteiger charge is 2.15. The number of nitrogens with one attached hydrogen (secondary N) is 2. The fourth-order valence-corrected chi connectivity index (χ4v) is 3.95. The molecular weight excluding hydrogens is 461 g/mol. The molecule has 2 N–H and O–H groups in total. The monoisotopic (exact) mass is 487 g/mol. The molecule has 0 radical (unpaired) electrons. The number of aliphatic imine (C=N–C) groups is 1. The zero-order chi connectivity index (χ0) is 17.5. The Morgan fingerprint density at radius 2 is 2.12 bits per heavy atom. The minimum atomic E-state index is 0. The average Bonchev–Trinajstić information content (AvgIpc) is 3.34. The fourth-order valence-electron chi connectivity index (χ4n) is 2.75. The molecule has 0 bridgehead atoms. The van der Waals surface area contributed by atoms with Gasteiger partial charge >= 0.3 is 0 Å². The van der Waals surface area contributed by atoms with Crippen molar-refractivity contribution >= 4 is 41.7 Å². The molecule has 1 aliphatic rings. The summed E-state index contributed by atoms with van der Waals surface area (Å²) in [7, 11) is 3.46. The normalized spacial score (nSPS) is 16.8. The van der Waals surface area contributed by atoms with Gasteiger partial charge in [-0.2, -0.15) is 16.9 Å². The summed E-state index contributed by atoms with van der Waals surface area (Å²) in [5.74, 6) is 2.95. The van der Waals surface area contributed by atoms with Crippen molar-refractivity contribution in [1.82, 2.24) is 20.4 Å². The Hall–Kier alpha value is -1.42. The van der Waals surface area contributed by atoms with E-state index in [1.807, 2.05) is 53.0 Å². The first kappa shape index (κ1) is 20.9. The van der Waals surface area contributed by atoms with Crippen LogP contribution in [-0.2, 0) is 6.54 Å². The lowest BCUT2D eigenvalue weighted by atomic mass is 10.2. The SMILES string of the molecule is CN=C(NCc1ccn(-c2ccc(OC)cc2)n1)NCC1CCCS1.I. The van der Waals surface area contributed by atoms with Crippen LogP contribution >= 0.6 is 35.7 Å². The molecule has 2 heterocycles. The summed E-state index contributed by atoms with van der Waals surface area (Å²) in [5.41, 5.74) is 1.97. The van der Waals surface area contributed by atoms with Gasteiger partial charge in [0, 0.05) is 25.0 Å². The highest BCUT2D eigenvalue weighted by molar-refractivity contribution is 14.0. The van der Waals surface area contributed by atoms with E-state index in [9.17, 15) is 0 Å². The Bertz CT molecular complexity index is 698. The topological polar surface area (TPSA) is 63.5 Å². The van der Waals surface area contributed by atoms with Gasteiger partial charge in [0.25, 0.3) is 0 Å². The van der Waals surface area contributed by atoms with Crippen LogP contribution in [0.15, 0.2) is 41.5 Å². The van der Waals surface area contributed by atoms with Crippen LogP contribution in [0.25, 0.3) is 5.69 Å². The zero-order valence-electron chi connectivity index (χ0n) is 15.1. The van der Waals surface area contributed by atoms with E-state index >= 15 is 0 Å². The highest BCUT2D eigenvalue weighted by Crippen LogP contribution is 2.25. The van der Waals surface area contributed by atoms with Gasteiger partial charge in [-0.15, -0.1) is 24.0 Å². The van der Waals surface area contributed by atoms with Crippen molar-refractivity contribution in [1.29, 1.82) is 0 Å². The number of hydrogen-bond donors (Lipinski definition) is 2. The smallest absolute Gasteiger partial charge is 0.191 e. The molecule has 1 aromatic carbocycles. The van der Waals surface area contributed by atoms with E-state index in [1.165, 1.54) is 18.6 Å². The van der Waals surface area contributed by atoms with E-state index in [0.717, 1.165) is 29.6 Å². The van der Waals surface area contributed by atoms with Crippen LogP contribution in [0, 0.1) is 0 Å². The van der Waals surface area contributed by atoms with E-state index in [-0.39, 0.29) is 24.0 Å². The fraction of sp³-hybridized carbons (Fsp3) is 0.444. The molecule has 6 nitrogen and oxygen atoms in total. The van der Waals surface area contributed by atoms with E-state index in [1.54, 1.807) is 14.2 Å². The second-order valence-electron chi connectivity index (χ2n) is 5.89. The third-order valence-electron chi connectivity index (χ3n) is 4.16. The molecule has 1 atom stereocenters. The van der Waals surface area contributed by atoms with E-state index < -0.39 is 0 Å². The number of nitrogens with zero attached hydrogens (tertiary/aromatic N) is 3. The summed E-state index contributed by atoms with van der Waals surface area (Å²) in [6.45, 7) is 1.60. The molecule has 3 rings (SSSR count). The van der Waals surface area contributed by atoms with Gasteiger partial charge in [0.05, 0.1) is 25.0 Å². The summed E-state index contributed by atoms with van der Waals surface area (Å²) in [6, 6.07) is 9.85. The number of guanidine groups is 1. The van der Waals surface area contributed by atoms with Crippen molar-refractivity contribution in [3.8, 4) is 11.4 Å². The van der Waals surface area contributed by atoms with Gasteiger partial charge in [0.15, 0.2) is 5.96 Å². The Labute approximate surface area is 176 Å². The van der Waals surface area contributed by atoms with Gasteiger partial charge in [0.1, 0.15) is 5.75 Å². The minimum absolute atomic E-state index is 0. The Balaban J connectivity index is 0.00000243. The second-order valence-corrected chi connectivity index (χ2v) is 7.30. The van der Waals surface area contributed by atoms with Crippen LogP contribution in [0.4, 0.5) is 0 Å². The number of ether oxygens (including phenoxy) is 1. The molecule has 0 amide bonds. The van der Waals surface area contributed by atoms with Crippen molar-refractivity contribution in [2.45, 2.75) is 24.6 Å². The third kappa shape index (κ3) is 5.80. The molecule has 8 heteroatoms. The Morgan fingerprint density at radius 3 is 2.77 bits per heavy atom. The van der Waals surface area contributed by atoms with Crippen LogP contribution in [0.2, 0.25) is 0 Å². The molecule has 0 saturated carbocycles. The Kier molecular flexibility index (Phi) is 8.56. The van der Waals surface area contributed by atoms with Gasteiger partial charge < -0.3 is 15.4 Å². The van der Waals surface area contributed by atoms with Crippen molar-refractivity contribution in [3.05, 3.63) is 42.2 Å². The van der Waals surface area contributed by atoms with Crippen molar-refractivity contribution < 1.29 is 4.74 Å². The largest absolute Gasteiger partial charge is 0.497 e. The van der Waals surface area contributed by atoms with Crippen LogP contribution < -0.4 is 15.4 Å². The second kappa shape index (κ2) is 10.7. The van der Waals surface area contributed by atoms with Gasteiger partial charge in [-0.25, -0.2) is 4.68 Å². The molecule has 1 aliphatic heterocycles. The summed E-state index contributed by atoms with van der Waals surface area (Å²) < 4.78 is 7.05. The van der Waals surface area contributed by atoms with Gasteiger partial charge in [-0.3, -0.25) is 4.99 Å². The molecule has 1 fully saturated rings. The maximum absolute atomic E-state index is 5.19. The number of aromatic nitrogens is 2. The minimum Gasteiger partial charge on any atom is -0.497 e. The molecule has 142 valence electrons. The molecule has 0 spiro atoms. The molecule has 1 aromatic heterocycles. The first-order valence-corrected chi connectivity index (χ1v) is 9.58. The van der Waals surface area contributed by atoms with Crippen LogP contribution in [-0.4, -0.2) is 47.4 Å². The number of methoxy groups -OCH3 is 1. The highest BCUT2D eigenvalue weighted by atomic mass is 127. The van der Waals surface area contributed by atoms with Crippen LogP contribution in [0.1, 0.15) is 18.5 Å². The van der Waals surface area contributed by atoms with E-state index in [4.69, 9.17) is 4.74 Å². The lowest BCUT2D eigenvalue weighted by molar-refractivity contribution is 0.414. The first-order chi connectivity index (χ1) is 12.3. The number of halogens is 1. The zero-order valence-corrected chi connectivity index (χ0v) is 18.3. The van der Waals surface area contributed by atoms with Crippen LogP contribution in [0.5, 0.6) is 5.75 Å². The summed E-state index contributed by atoms with van der Waals surface area (Å²) in [4.78, 5) is 4.28. The summed E-state index contributed by atoms with van der Waals surface area (Å²) >= 11 is 2.04. The summed E-state index contributed by atoms with van der Waals surface area (Å²) in [5, 5.41) is 12.0. The first-order valence-electron chi connectivity index (χ1n) is 8.53. The molecule has 0 aliphatic carbocycles. The van der Waals surface area contributed by atoms with Crippen LogP contribution in [0.3, 0.4) is 0 Å². The predicted molar refractivity (Wildman–Crippen MR) is 119 cm³/mol. The quantitative estimate of drug-likeness (QED) is 0.373. The number of benzene rings is 1. The number of hydrogen-bond acceptors (Lipinski definition) is 4. The standard InChI is InChI=1S/C18H25N5OS.HI/c1-19-18(21-13-17-4-3-11-25-17)20-12-14-9-10-23(22-14)15-5-7-16(24-2)8-6-15;/h5-10,17H,3-4,11-13H2,1-2H3,(H2,19,20,21);1H. The molecule has 1 unspecified atom stereocenters. The maximum atomic E-state index is 5.19. The van der Waals surface area contributed by atoms with Gasteiger partial charge in [0.2, 0.25) is 0 Å². The third-order valence-corrected chi connectivity index (χ3v) is 5.56. The molecule has 2 aromatic rings. The molecule has 26 heavy (non-hydrogen) atoms. The average molecular weight is 487 g/mol. The van der Waals surface area contributed by atoms with Gasteiger partial charge in [-0.1, -0.05) is 0 Å². The summed E-state index contributed by atoms with van der Waals surface area (Å²) in [6.07, 6.45) is 4.58. The lowest BCUT2D eigenvalue weighted by Crippen LogP contribution is -2.39. The Morgan fingerprint density at radius 1 is 1.31 bits per heavy atom.